The Balaban J connectivity index is 3.06. The highest BCUT2D eigenvalue weighted by Gasteiger charge is 2.45. The molecule has 7 nitrogen and oxygen atoms in total. The Morgan fingerprint density at radius 1 is 1.29 bits per heavy atom. The topological polar surface area (TPSA) is 133 Å². The highest BCUT2D eigenvalue weighted by molar-refractivity contribution is 6.11. The lowest BCUT2D eigenvalue weighted by Gasteiger charge is -2.27. The predicted molar refractivity (Wildman–Crippen MR) is 74.3 cm³/mol. The van der Waals surface area contributed by atoms with Crippen LogP contribution in [0.25, 0.3) is 0 Å². The van der Waals surface area contributed by atoms with E-state index in [0.29, 0.717) is 5.56 Å². The number of aliphatic carboxylic acids is 1. The minimum atomic E-state index is -2.01. The molecule has 0 unspecified atom stereocenters. The van der Waals surface area contributed by atoms with Crippen LogP contribution < -0.4 is 11.5 Å². The molecule has 0 fully saturated rings. The number of hydrogen-bond donors (Lipinski definition) is 3. The van der Waals surface area contributed by atoms with Crippen LogP contribution in [0.2, 0.25) is 0 Å². The summed E-state index contributed by atoms with van der Waals surface area (Å²) in [7, 11) is 1.10. The molecule has 0 radical (unpaired) electrons. The predicted octanol–water partition coefficient (Wildman–Crippen LogP) is -0.529. The first-order valence-electron chi connectivity index (χ1n) is 6.24. The lowest BCUT2D eigenvalue weighted by Crippen LogP contribution is -2.62. The summed E-state index contributed by atoms with van der Waals surface area (Å²) in [5.41, 5.74) is 10.1. The summed E-state index contributed by atoms with van der Waals surface area (Å²) >= 11 is 0. The van der Waals surface area contributed by atoms with Crippen molar-refractivity contribution in [3.63, 3.8) is 0 Å². The maximum atomic E-state index is 12.3. The van der Waals surface area contributed by atoms with E-state index in [2.05, 4.69) is 4.74 Å². The molecule has 0 spiro atoms. The van der Waals surface area contributed by atoms with Gasteiger partial charge in [0.1, 0.15) is 0 Å². The molecule has 7 heteroatoms. The second-order valence-electron chi connectivity index (χ2n) is 4.69. The quantitative estimate of drug-likeness (QED) is 0.455. The van der Waals surface area contributed by atoms with Crippen molar-refractivity contribution in [2.24, 2.45) is 11.5 Å². The van der Waals surface area contributed by atoms with Gasteiger partial charge in [-0.25, -0.2) is 4.79 Å². The summed E-state index contributed by atoms with van der Waals surface area (Å²) in [5, 5.41) is 8.69. The number of benzene rings is 1. The Bertz CT molecular complexity index is 531. The fourth-order valence-electron chi connectivity index (χ4n) is 1.97. The minimum Gasteiger partial charge on any atom is -0.481 e. The molecule has 0 heterocycles. The zero-order valence-electron chi connectivity index (χ0n) is 11.6. The number of rotatable bonds is 7. The van der Waals surface area contributed by atoms with Gasteiger partial charge in [0.2, 0.25) is 0 Å². The van der Waals surface area contributed by atoms with Gasteiger partial charge >= 0.3 is 11.9 Å². The molecule has 0 aromatic heterocycles. The first kappa shape index (κ1) is 16.8. The fourth-order valence-corrected chi connectivity index (χ4v) is 1.97. The zero-order chi connectivity index (χ0) is 16.0. The van der Waals surface area contributed by atoms with Crippen LogP contribution in [-0.4, -0.2) is 41.5 Å². The van der Waals surface area contributed by atoms with E-state index in [1.54, 1.807) is 30.3 Å². The number of ether oxygens (including phenoxy) is 1. The highest BCUT2D eigenvalue weighted by Crippen LogP contribution is 2.16. The van der Waals surface area contributed by atoms with Crippen LogP contribution in [0.15, 0.2) is 30.3 Å². The van der Waals surface area contributed by atoms with Crippen LogP contribution in [0.3, 0.4) is 0 Å². The molecule has 0 saturated heterocycles. The van der Waals surface area contributed by atoms with Gasteiger partial charge in [-0.05, 0) is 5.56 Å². The molecule has 1 aromatic carbocycles. The molecule has 0 saturated carbocycles. The number of carbonyl (C=O) groups is 3. The second kappa shape index (κ2) is 6.96. The van der Waals surface area contributed by atoms with Gasteiger partial charge in [-0.1, -0.05) is 30.3 Å². The average molecular weight is 294 g/mol. The van der Waals surface area contributed by atoms with E-state index in [9.17, 15) is 14.4 Å². The standard InChI is InChI=1S/C14H18N2O5/c1-21-13(20)14(16,8-9-5-3-2-4-6-9)12(19)10(15)7-11(17)18/h2-6,10H,7-8,15-16H2,1H3,(H,17,18)/t10-,14-/m0/s1. The highest BCUT2D eigenvalue weighted by atomic mass is 16.5. The Morgan fingerprint density at radius 3 is 2.33 bits per heavy atom. The summed E-state index contributed by atoms with van der Waals surface area (Å²) in [6.07, 6.45) is -0.726. The molecule has 0 aliphatic heterocycles. The SMILES string of the molecule is COC(=O)[C@](N)(Cc1ccccc1)C(=O)[C@@H](N)CC(=O)O. The molecule has 1 aromatic rings. The average Bonchev–Trinajstić information content (AvgIpc) is 2.45. The normalized spacial score (nSPS) is 14.8. The molecule has 0 bridgehead atoms. The van der Waals surface area contributed by atoms with E-state index in [-0.39, 0.29) is 6.42 Å². The van der Waals surface area contributed by atoms with Crippen molar-refractivity contribution in [1.82, 2.24) is 0 Å². The van der Waals surface area contributed by atoms with Crippen molar-refractivity contribution in [2.45, 2.75) is 24.4 Å². The number of ketones is 1. The second-order valence-corrected chi connectivity index (χ2v) is 4.69. The third-order valence-electron chi connectivity index (χ3n) is 3.05. The van der Waals surface area contributed by atoms with E-state index < -0.39 is 35.7 Å². The maximum Gasteiger partial charge on any atom is 0.334 e. The van der Waals surface area contributed by atoms with E-state index in [1.165, 1.54) is 0 Å². The lowest BCUT2D eigenvalue weighted by atomic mass is 9.83. The maximum absolute atomic E-state index is 12.3. The van der Waals surface area contributed by atoms with Crippen LogP contribution in [0.1, 0.15) is 12.0 Å². The van der Waals surface area contributed by atoms with Gasteiger partial charge in [0.25, 0.3) is 0 Å². The smallest absolute Gasteiger partial charge is 0.334 e. The number of carboxylic acid groups (broad SMARTS) is 1. The van der Waals surface area contributed by atoms with Crippen molar-refractivity contribution in [2.75, 3.05) is 7.11 Å². The Hall–Kier alpha value is -2.25. The molecule has 21 heavy (non-hydrogen) atoms. The summed E-state index contributed by atoms with van der Waals surface area (Å²) in [4.78, 5) is 34.8. The molecule has 0 amide bonds. The van der Waals surface area contributed by atoms with Gasteiger partial charge < -0.3 is 21.3 Å². The Kier molecular flexibility index (Phi) is 5.57. The first-order chi connectivity index (χ1) is 9.81. The van der Waals surface area contributed by atoms with E-state index in [1.807, 2.05) is 0 Å². The zero-order valence-corrected chi connectivity index (χ0v) is 11.6. The van der Waals surface area contributed by atoms with E-state index in [0.717, 1.165) is 7.11 Å². The third kappa shape index (κ3) is 4.11. The Labute approximate surface area is 121 Å². The molecule has 5 N–H and O–H groups in total. The van der Waals surface area contributed by atoms with Crippen LogP contribution >= 0.6 is 0 Å². The number of carbonyl (C=O) groups excluding carboxylic acids is 2. The summed E-state index contributed by atoms with van der Waals surface area (Å²) in [6, 6.07) is 7.25. The summed E-state index contributed by atoms with van der Waals surface area (Å²) < 4.78 is 4.58. The minimum absolute atomic E-state index is 0.118. The fraction of sp³-hybridized carbons (Fsp3) is 0.357. The third-order valence-corrected chi connectivity index (χ3v) is 3.05. The van der Waals surface area contributed by atoms with Gasteiger partial charge in [0.05, 0.1) is 19.6 Å². The first-order valence-corrected chi connectivity index (χ1v) is 6.24. The van der Waals surface area contributed by atoms with Crippen LogP contribution in [0, 0.1) is 0 Å². The van der Waals surface area contributed by atoms with Crippen LogP contribution in [0.5, 0.6) is 0 Å². The largest absolute Gasteiger partial charge is 0.481 e. The van der Waals surface area contributed by atoms with Crippen LogP contribution in [-0.2, 0) is 25.5 Å². The summed E-state index contributed by atoms with van der Waals surface area (Å²) in [5.74, 6) is -3.06. The van der Waals surface area contributed by atoms with Gasteiger partial charge in [-0.3, -0.25) is 9.59 Å². The van der Waals surface area contributed by atoms with Crippen molar-refractivity contribution in [3.05, 3.63) is 35.9 Å². The number of esters is 1. The Morgan fingerprint density at radius 2 is 1.86 bits per heavy atom. The number of Topliss-reactive ketones (excluding diaryl/α,β-unsaturated/α-hetero) is 1. The molecular formula is C14H18N2O5. The van der Waals surface area contributed by atoms with Crippen molar-refractivity contribution < 1.29 is 24.2 Å². The van der Waals surface area contributed by atoms with Gasteiger partial charge in [-0.15, -0.1) is 0 Å². The lowest BCUT2D eigenvalue weighted by molar-refractivity contribution is -0.153. The van der Waals surface area contributed by atoms with Crippen molar-refractivity contribution in [3.8, 4) is 0 Å². The molecule has 1 rings (SSSR count). The van der Waals surface area contributed by atoms with E-state index in [4.69, 9.17) is 16.6 Å². The van der Waals surface area contributed by atoms with Gasteiger partial charge in [0, 0.05) is 6.42 Å². The number of methoxy groups -OCH3 is 1. The monoisotopic (exact) mass is 294 g/mol. The summed E-state index contributed by atoms with van der Waals surface area (Å²) in [6.45, 7) is 0. The van der Waals surface area contributed by atoms with Gasteiger partial charge in [0.15, 0.2) is 11.3 Å². The number of hydrogen-bond acceptors (Lipinski definition) is 6. The van der Waals surface area contributed by atoms with Crippen LogP contribution in [0.4, 0.5) is 0 Å². The molecule has 114 valence electrons. The number of carboxylic acids is 1. The number of nitrogens with two attached hydrogens (primary N) is 2. The molecular weight excluding hydrogens is 276 g/mol. The van der Waals surface area contributed by atoms with E-state index >= 15 is 0 Å². The molecule has 2 atom stereocenters. The molecule has 0 aliphatic rings. The van der Waals surface area contributed by atoms with Crippen molar-refractivity contribution in [1.29, 1.82) is 0 Å². The van der Waals surface area contributed by atoms with Gasteiger partial charge in [-0.2, -0.15) is 0 Å². The van der Waals surface area contributed by atoms with Crippen molar-refractivity contribution >= 4 is 17.7 Å². The molecule has 0 aliphatic carbocycles.